The third-order valence-corrected chi connectivity index (χ3v) is 3.96. The molecule has 2 heterocycles. The largest absolute Gasteiger partial charge is 0.352 e. The van der Waals surface area contributed by atoms with E-state index in [0.717, 1.165) is 32.6 Å². The van der Waals surface area contributed by atoms with Crippen molar-refractivity contribution in [2.75, 3.05) is 26.2 Å². The number of aryl methyl sites for hydroxylation is 2. The number of nitrogens with zero attached hydrogens (tertiary/aromatic N) is 2. The van der Waals surface area contributed by atoms with Crippen molar-refractivity contribution in [3.05, 3.63) is 23.0 Å². The lowest BCUT2D eigenvalue weighted by molar-refractivity contribution is -0.131. The fraction of sp³-hybridized carbons (Fsp3) is 0.643. The molecule has 1 N–H and O–H groups in total. The van der Waals surface area contributed by atoms with Gasteiger partial charge in [0.25, 0.3) is 0 Å². The van der Waals surface area contributed by atoms with E-state index in [0.29, 0.717) is 6.42 Å². The van der Waals surface area contributed by atoms with E-state index in [2.05, 4.69) is 36.8 Å². The minimum absolute atomic E-state index is 0.289. The highest BCUT2D eigenvalue weighted by Crippen LogP contribution is 2.15. The Bertz CT molecular complexity index is 430. The zero-order valence-electron chi connectivity index (χ0n) is 11.6. The maximum absolute atomic E-state index is 12.1. The van der Waals surface area contributed by atoms with Crippen molar-refractivity contribution in [1.82, 2.24) is 14.8 Å². The van der Waals surface area contributed by atoms with Crippen LogP contribution >= 0.6 is 0 Å². The average Bonchev–Trinajstić information content (AvgIpc) is 2.64. The molecule has 1 fully saturated rings. The second kappa shape index (κ2) is 5.57. The zero-order chi connectivity index (χ0) is 13.1. The zero-order valence-corrected chi connectivity index (χ0v) is 11.6. The molecule has 1 amide bonds. The monoisotopic (exact) mass is 249 g/mol. The minimum atomic E-state index is 0.289. The Morgan fingerprint density at radius 2 is 2.00 bits per heavy atom. The highest BCUT2D eigenvalue weighted by molar-refractivity contribution is 5.76. The van der Waals surface area contributed by atoms with Crippen LogP contribution < -0.4 is 5.32 Å². The third kappa shape index (κ3) is 2.75. The number of amides is 1. The molecule has 18 heavy (non-hydrogen) atoms. The summed E-state index contributed by atoms with van der Waals surface area (Å²) < 4.78 is 2.19. The summed E-state index contributed by atoms with van der Waals surface area (Å²) in [7, 11) is 2.08. The molecule has 1 aromatic rings. The normalized spacial score (nSPS) is 16.1. The first-order valence-electron chi connectivity index (χ1n) is 6.70. The Kier molecular flexibility index (Phi) is 4.07. The SMILES string of the molecule is Cc1cc(CCC(=O)N2CCNCC2)c(C)n1C. The number of hydrogen-bond donors (Lipinski definition) is 1. The van der Waals surface area contributed by atoms with E-state index >= 15 is 0 Å². The summed E-state index contributed by atoms with van der Waals surface area (Å²) in [6, 6.07) is 2.19. The van der Waals surface area contributed by atoms with Crippen molar-refractivity contribution in [2.24, 2.45) is 7.05 Å². The van der Waals surface area contributed by atoms with Crippen LogP contribution in [0.2, 0.25) is 0 Å². The van der Waals surface area contributed by atoms with Gasteiger partial charge in [-0.3, -0.25) is 4.79 Å². The molecule has 0 bridgehead atoms. The predicted molar refractivity (Wildman–Crippen MR) is 72.7 cm³/mol. The average molecular weight is 249 g/mol. The molecule has 0 aliphatic carbocycles. The summed E-state index contributed by atoms with van der Waals surface area (Å²) in [5, 5.41) is 3.27. The van der Waals surface area contributed by atoms with Crippen LogP contribution in [0.1, 0.15) is 23.4 Å². The molecule has 1 aliphatic heterocycles. The highest BCUT2D eigenvalue weighted by Gasteiger charge is 2.16. The van der Waals surface area contributed by atoms with Crippen molar-refractivity contribution < 1.29 is 4.79 Å². The second-order valence-electron chi connectivity index (χ2n) is 5.09. The predicted octanol–water partition coefficient (Wildman–Crippen LogP) is 1.01. The molecule has 1 saturated heterocycles. The highest BCUT2D eigenvalue weighted by atomic mass is 16.2. The lowest BCUT2D eigenvalue weighted by Gasteiger charge is -2.27. The Morgan fingerprint density at radius 3 is 2.56 bits per heavy atom. The molecule has 1 aromatic heterocycles. The lowest BCUT2D eigenvalue weighted by atomic mass is 10.1. The van der Waals surface area contributed by atoms with Gasteiger partial charge in [-0.25, -0.2) is 0 Å². The number of hydrogen-bond acceptors (Lipinski definition) is 2. The smallest absolute Gasteiger partial charge is 0.222 e. The molecule has 100 valence electrons. The van der Waals surface area contributed by atoms with Gasteiger partial charge in [0.1, 0.15) is 0 Å². The van der Waals surface area contributed by atoms with E-state index in [1.54, 1.807) is 0 Å². The van der Waals surface area contributed by atoms with Gasteiger partial charge in [-0.05, 0) is 31.9 Å². The third-order valence-electron chi connectivity index (χ3n) is 3.96. The summed E-state index contributed by atoms with van der Waals surface area (Å²) in [6.45, 7) is 7.79. The van der Waals surface area contributed by atoms with Gasteiger partial charge in [-0.15, -0.1) is 0 Å². The lowest BCUT2D eigenvalue weighted by Crippen LogP contribution is -2.46. The Labute approximate surface area is 109 Å². The van der Waals surface area contributed by atoms with Crippen LogP contribution in [0.5, 0.6) is 0 Å². The van der Waals surface area contributed by atoms with Crippen LogP contribution in [0, 0.1) is 13.8 Å². The molecule has 0 unspecified atom stereocenters. The van der Waals surface area contributed by atoms with E-state index in [1.165, 1.54) is 17.0 Å². The summed E-state index contributed by atoms with van der Waals surface area (Å²) in [5.41, 5.74) is 3.84. The maximum Gasteiger partial charge on any atom is 0.222 e. The van der Waals surface area contributed by atoms with Crippen LogP contribution in [0.15, 0.2) is 6.07 Å². The molecule has 0 aromatic carbocycles. The number of carbonyl (C=O) groups is 1. The fourth-order valence-electron chi connectivity index (χ4n) is 2.50. The topological polar surface area (TPSA) is 37.3 Å². The van der Waals surface area contributed by atoms with E-state index < -0.39 is 0 Å². The number of rotatable bonds is 3. The number of aromatic nitrogens is 1. The Balaban J connectivity index is 1.90. The molecule has 1 aliphatic rings. The van der Waals surface area contributed by atoms with Crippen LogP contribution in [0.25, 0.3) is 0 Å². The van der Waals surface area contributed by atoms with Crippen LogP contribution in [0.3, 0.4) is 0 Å². The first-order valence-corrected chi connectivity index (χ1v) is 6.70. The van der Waals surface area contributed by atoms with Gasteiger partial charge in [-0.2, -0.15) is 0 Å². The summed E-state index contributed by atoms with van der Waals surface area (Å²) in [5.74, 6) is 0.289. The maximum atomic E-state index is 12.1. The molecule has 4 heteroatoms. The molecule has 0 saturated carbocycles. The van der Waals surface area contributed by atoms with Crippen LogP contribution in [-0.2, 0) is 18.3 Å². The summed E-state index contributed by atoms with van der Waals surface area (Å²) in [4.78, 5) is 14.0. The van der Waals surface area contributed by atoms with Gasteiger partial charge in [0.05, 0.1) is 0 Å². The summed E-state index contributed by atoms with van der Waals surface area (Å²) >= 11 is 0. The number of nitrogens with one attached hydrogen (secondary N) is 1. The van der Waals surface area contributed by atoms with Gasteiger partial charge in [0, 0.05) is 51.0 Å². The first-order chi connectivity index (χ1) is 8.59. The van der Waals surface area contributed by atoms with E-state index in [-0.39, 0.29) is 5.91 Å². The van der Waals surface area contributed by atoms with Gasteiger partial charge in [0.2, 0.25) is 5.91 Å². The van der Waals surface area contributed by atoms with Crippen molar-refractivity contribution in [3.63, 3.8) is 0 Å². The molecular formula is C14H23N3O. The molecule has 0 spiro atoms. The van der Waals surface area contributed by atoms with Gasteiger partial charge in [-0.1, -0.05) is 0 Å². The number of piperazine rings is 1. The van der Waals surface area contributed by atoms with Gasteiger partial charge in [0.15, 0.2) is 0 Å². The fourth-order valence-corrected chi connectivity index (χ4v) is 2.50. The molecule has 2 rings (SSSR count). The van der Waals surface area contributed by atoms with Gasteiger partial charge >= 0.3 is 0 Å². The first kappa shape index (κ1) is 13.1. The quantitative estimate of drug-likeness (QED) is 0.868. The van der Waals surface area contributed by atoms with E-state index in [1.807, 2.05) is 4.90 Å². The van der Waals surface area contributed by atoms with Crippen molar-refractivity contribution in [1.29, 1.82) is 0 Å². The van der Waals surface area contributed by atoms with Crippen molar-refractivity contribution in [2.45, 2.75) is 26.7 Å². The van der Waals surface area contributed by atoms with Crippen molar-refractivity contribution in [3.8, 4) is 0 Å². The second-order valence-corrected chi connectivity index (χ2v) is 5.09. The summed E-state index contributed by atoms with van der Waals surface area (Å²) in [6.07, 6.45) is 1.49. The van der Waals surface area contributed by atoms with E-state index in [9.17, 15) is 4.79 Å². The molecule has 4 nitrogen and oxygen atoms in total. The molecule has 0 atom stereocenters. The van der Waals surface area contributed by atoms with Crippen LogP contribution in [-0.4, -0.2) is 41.6 Å². The van der Waals surface area contributed by atoms with Crippen molar-refractivity contribution >= 4 is 5.91 Å². The minimum Gasteiger partial charge on any atom is -0.352 e. The van der Waals surface area contributed by atoms with Gasteiger partial charge < -0.3 is 14.8 Å². The molecular weight excluding hydrogens is 226 g/mol. The Hall–Kier alpha value is -1.29. The van der Waals surface area contributed by atoms with E-state index in [4.69, 9.17) is 0 Å². The number of carbonyl (C=O) groups excluding carboxylic acids is 1. The standard InChI is InChI=1S/C14H23N3O/c1-11-10-13(12(2)16(11)3)4-5-14(18)17-8-6-15-7-9-17/h10,15H,4-9H2,1-3H3. The van der Waals surface area contributed by atoms with Crippen LogP contribution in [0.4, 0.5) is 0 Å². The Morgan fingerprint density at radius 1 is 1.33 bits per heavy atom. The molecule has 0 radical (unpaired) electrons.